The summed E-state index contributed by atoms with van der Waals surface area (Å²) in [6, 6.07) is 0.101. The second-order valence-corrected chi connectivity index (χ2v) is 7.68. The monoisotopic (exact) mass is 275 g/mol. The predicted molar refractivity (Wildman–Crippen MR) is 72.4 cm³/mol. The van der Waals surface area contributed by atoms with E-state index in [2.05, 4.69) is 10.0 Å². The van der Waals surface area contributed by atoms with E-state index in [0.29, 0.717) is 5.92 Å². The van der Waals surface area contributed by atoms with Gasteiger partial charge in [0.05, 0.1) is 0 Å². The van der Waals surface area contributed by atoms with Crippen LogP contribution in [-0.4, -0.2) is 44.9 Å². The van der Waals surface area contributed by atoms with Crippen LogP contribution in [0.5, 0.6) is 0 Å². The van der Waals surface area contributed by atoms with E-state index in [9.17, 15) is 8.42 Å². The standard InChI is InChI=1S/C12H25N3O2S/c1-9(2)15(3)18(16,17)14-12-5-4-10-7-13-8-11(10)6-12/h9-14H,4-8H2,1-3H3/t10-,11+,12?/m0/s1. The number of hydrogen-bond acceptors (Lipinski definition) is 3. The highest BCUT2D eigenvalue weighted by molar-refractivity contribution is 7.87. The molecule has 0 amide bonds. The lowest BCUT2D eigenvalue weighted by Gasteiger charge is -2.33. The number of hydrogen-bond donors (Lipinski definition) is 2. The van der Waals surface area contributed by atoms with E-state index in [1.54, 1.807) is 7.05 Å². The van der Waals surface area contributed by atoms with Gasteiger partial charge in [-0.3, -0.25) is 0 Å². The molecule has 6 heteroatoms. The Labute approximate surface area is 110 Å². The normalized spacial score (nSPS) is 33.1. The number of fused-ring (bicyclic) bond motifs is 1. The van der Waals surface area contributed by atoms with Crippen molar-refractivity contribution in [2.45, 2.75) is 45.2 Å². The predicted octanol–water partition coefficient (Wildman–Crippen LogP) is 0.549. The molecular formula is C12H25N3O2S. The molecule has 0 aromatic carbocycles. The SMILES string of the molecule is CC(C)N(C)S(=O)(=O)NC1CC[C@H]2CNC[C@H]2C1. The zero-order chi connectivity index (χ0) is 13.3. The molecule has 1 heterocycles. The number of nitrogens with one attached hydrogen (secondary N) is 2. The van der Waals surface area contributed by atoms with Gasteiger partial charge in [0.1, 0.15) is 0 Å². The van der Waals surface area contributed by atoms with Crippen molar-refractivity contribution in [1.82, 2.24) is 14.3 Å². The summed E-state index contributed by atoms with van der Waals surface area (Å²) in [6.07, 6.45) is 3.08. The van der Waals surface area contributed by atoms with Crippen LogP contribution in [0.1, 0.15) is 33.1 Å². The molecule has 1 aliphatic heterocycles. The lowest BCUT2D eigenvalue weighted by Crippen LogP contribution is -2.48. The highest BCUT2D eigenvalue weighted by atomic mass is 32.2. The first-order chi connectivity index (χ1) is 8.40. The second-order valence-electron chi connectivity index (χ2n) is 5.92. The molecule has 0 bridgehead atoms. The third-order valence-electron chi connectivity index (χ3n) is 4.37. The zero-order valence-corrected chi connectivity index (χ0v) is 12.3. The van der Waals surface area contributed by atoms with E-state index in [1.165, 1.54) is 4.31 Å². The van der Waals surface area contributed by atoms with Crippen molar-refractivity contribution in [3.63, 3.8) is 0 Å². The van der Waals surface area contributed by atoms with Gasteiger partial charge in [-0.15, -0.1) is 0 Å². The Kier molecular flexibility index (Phi) is 4.31. The molecule has 1 saturated heterocycles. The fourth-order valence-electron chi connectivity index (χ4n) is 2.98. The minimum atomic E-state index is -3.32. The summed E-state index contributed by atoms with van der Waals surface area (Å²) in [6.45, 7) is 5.92. The third kappa shape index (κ3) is 3.04. The molecule has 2 aliphatic rings. The van der Waals surface area contributed by atoms with Crippen molar-refractivity contribution >= 4 is 10.2 Å². The van der Waals surface area contributed by atoms with Crippen LogP contribution in [0.2, 0.25) is 0 Å². The molecular weight excluding hydrogens is 250 g/mol. The van der Waals surface area contributed by atoms with Gasteiger partial charge in [-0.1, -0.05) is 0 Å². The molecule has 0 spiro atoms. The molecule has 2 N–H and O–H groups in total. The Hall–Kier alpha value is -0.170. The summed E-state index contributed by atoms with van der Waals surface area (Å²) in [4.78, 5) is 0. The molecule has 106 valence electrons. The van der Waals surface area contributed by atoms with Gasteiger partial charge in [0.15, 0.2) is 0 Å². The van der Waals surface area contributed by atoms with Crippen molar-refractivity contribution in [3.05, 3.63) is 0 Å². The molecule has 3 atom stereocenters. The first-order valence-corrected chi connectivity index (χ1v) is 8.30. The van der Waals surface area contributed by atoms with Crippen LogP contribution in [0.25, 0.3) is 0 Å². The largest absolute Gasteiger partial charge is 0.316 e. The van der Waals surface area contributed by atoms with E-state index in [0.717, 1.165) is 38.3 Å². The summed E-state index contributed by atoms with van der Waals surface area (Å²) in [5, 5.41) is 3.40. The molecule has 0 radical (unpaired) electrons. The maximum atomic E-state index is 12.1. The Morgan fingerprint density at radius 3 is 2.56 bits per heavy atom. The molecule has 1 saturated carbocycles. The first-order valence-electron chi connectivity index (χ1n) is 6.86. The van der Waals surface area contributed by atoms with Crippen molar-refractivity contribution in [2.75, 3.05) is 20.1 Å². The smallest absolute Gasteiger partial charge is 0.279 e. The van der Waals surface area contributed by atoms with Gasteiger partial charge in [0.2, 0.25) is 0 Å². The maximum absolute atomic E-state index is 12.1. The molecule has 5 nitrogen and oxygen atoms in total. The minimum Gasteiger partial charge on any atom is -0.316 e. The average Bonchev–Trinajstić information content (AvgIpc) is 2.74. The van der Waals surface area contributed by atoms with Crippen molar-refractivity contribution < 1.29 is 8.42 Å². The van der Waals surface area contributed by atoms with Crippen LogP contribution < -0.4 is 10.0 Å². The molecule has 1 aliphatic carbocycles. The van der Waals surface area contributed by atoms with Crippen molar-refractivity contribution in [2.24, 2.45) is 11.8 Å². The van der Waals surface area contributed by atoms with Crippen LogP contribution in [0, 0.1) is 11.8 Å². The van der Waals surface area contributed by atoms with Crippen molar-refractivity contribution in [1.29, 1.82) is 0 Å². The summed E-state index contributed by atoms with van der Waals surface area (Å²) in [5.41, 5.74) is 0. The zero-order valence-electron chi connectivity index (χ0n) is 11.5. The Morgan fingerprint density at radius 2 is 1.89 bits per heavy atom. The Balaban J connectivity index is 1.93. The second kappa shape index (κ2) is 5.45. The summed E-state index contributed by atoms with van der Waals surface area (Å²) in [7, 11) is -1.69. The fraction of sp³-hybridized carbons (Fsp3) is 1.00. The first kappa shape index (κ1) is 14.2. The van der Waals surface area contributed by atoms with Crippen LogP contribution in [0.4, 0.5) is 0 Å². The van der Waals surface area contributed by atoms with Gasteiger partial charge in [-0.2, -0.15) is 17.4 Å². The van der Waals surface area contributed by atoms with E-state index < -0.39 is 10.2 Å². The van der Waals surface area contributed by atoms with Gasteiger partial charge in [0, 0.05) is 19.1 Å². The van der Waals surface area contributed by atoms with E-state index in [-0.39, 0.29) is 12.1 Å². The van der Waals surface area contributed by atoms with Crippen LogP contribution in [0.15, 0.2) is 0 Å². The van der Waals surface area contributed by atoms with Crippen molar-refractivity contribution in [3.8, 4) is 0 Å². The van der Waals surface area contributed by atoms with Crippen LogP contribution in [0.3, 0.4) is 0 Å². The van der Waals surface area contributed by atoms with Gasteiger partial charge < -0.3 is 5.32 Å². The number of rotatable bonds is 4. The lowest BCUT2D eigenvalue weighted by molar-refractivity contribution is 0.256. The van der Waals surface area contributed by atoms with Gasteiger partial charge in [0.25, 0.3) is 10.2 Å². The average molecular weight is 275 g/mol. The van der Waals surface area contributed by atoms with E-state index in [4.69, 9.17) is 0 Å². The number of nitrogens with zero attached hydrogens (tertiary/aromatic N) is 1. The molecule has 2 rings (SSSR count). The van der Waals surface area contributed by atoms with Gasteiger partial charge in [-0.25, -0.2) is 0 Å². The van der Waals surface area contributed by atoms with E-state index in [1.807, 2.05) is 13.8 Å². The fourth-order valence-corrected chi connectivity index (χ4v) is 4.33. The summed E-state index contributed by atoms with van der Waals surface area (Å²) >= 11 is 0. The third-order valence-corrected chi connectivity index (χ3v) is 6.19. The summed E-state index contributed by atoms with van der Waals surface area (Å²) in [5.74, 6) is 1.41. The van der Waals surface area contributed by atoms with Gasteiger partial charge in [-0.05, 0) is 58.0 Å². The summed E-state index contributed by atoms with van der Waals surface area (Å²) < 4.78 is 28.5. The molecule has 1 unspecified atom stereocenters. The van der Waals surface area contributed by atoms with Gasteiger partial charge >= 0.3 is 0 Å². The quantitative estimate of drug-likeness (QED) is 0.787. The molecule has 0 aromatic heterocycles. The highest BCUT2D eigenvalue weighted by Gasteiger charge is 2.35. The molecule has 2 fully saturated rings. The Bertz CT molecular complexity index is 383. The van der Waals surface area contributed by atoms with E-state index >= 15 is 0 Å². The molecule has 18 heavy (non-hydrogen) atoms. The highest BCUT2D eigenvalue weighted by Crippen LogP contribution is 2.32. The maximum Gasteiger partial charge on any atom is 0.279 e. The van der Waals surface area contributed by atoms with Crippen LogP contribution in [-0.2, 0) is 10.2 Å². The lowest BCUT2D eigenvalue weighted by atomic mass is 9.79. The Morgan fingerprint density at radius 1 is 1.22 bits per heavy atom. The molecule has 0 aromatic rings. The van der Waals surface area contributed by atoms with Crippen LogP contribution >= 0.6 is 0 Å². The topological polar surface area (TPSA) is 61.4 Å². The minimum absolute atomic E-state index is 0.00742.